The molecule has 6 nitrogen and oxygen atoms in total. The van der Waals surface area contributed by atoms with Crippen LogP contribution in [-0.2, 0) is 9.59 Å². The Kier molecular flexibility index (Phi) is 7.66. The number of nitrogens with zero attached hydrogens (tertiary/aromatic N) is 2. The summed E-state index contributed by atoms with van der Waals surface area (Å²) in [5.41, 5.74) is 1.04. The van der Waals surface area contributed by atoms with Crippen molar-refractivity contribution >= 4 is 46.4 Å². The number of halogens is 3. The Morgan fingerprint density at radius 2 is 1.70 bits per heavy atom. The summed E-state index contributed by atoms with van der Waals surface area (Å²) in [6.07, 6.45) is 0. The Morgan fingerprint density at radius 1 is 1.03 bits per heavy atom. The Balaban J connectivity index is 1.46. The topological polar surface area (TPSA) is 64.7 Å². The number of carbonyl (C=O) groups excluding carboxylic acids is 2. The van der Waals surface area contributed by atoms with Crippen LogP contribution in [0.3, 0.4) is 0 Å². The van der Waals surface area contributed by atoms with Crippen molar-refractivity contribution in [2.45, 2.75) is 13.0 Å². The second kappa shape index (κ2) is 10.2. The van der Waals surface area contributed by atoms with Crippen molar-refractivity contribution in [1.29, 1.82) is 0 Å². The van der Waals surface area contributed by atoms with Crippen molar-refractivity contribution in [3.05, 3.63) is 58.3 Å². The van der Waals surface area contributed by atoms with Gasteiger partial charge in [-0.3, -0.25) is 19.4 Å². The lowest BCUT2D eigenvalue weighted by Crippen LogP contribution is -2.53. The minimum Gasteiger partial charge on any atom is -0.325 e. The maximum Gasteiger partial charge on any atom is 0.241 e. The number of hydrogen-bond acceptors (Lipinski definition) is 4. The van der Waals surface area contributed by atoms with E-state index in [9.17, 15) is 14.0 Å². The predicted octanol–water partition coefficient (Wildman–Crippen LogP) is 3.72. The first-order valence-corrected chi connectivity index (χ1v) is 10.3. The lowest BCUT2D eigenvalue weighted by Gasteiger charge is -2.37. The maximum atomic E-state index is 12.9. The first kappa shape index (κ1) is 22.5. The highest BCUT2D eigenvalue weighted by Crippen LogP contribution is 2.25. The summed E-state index contributed by atoms with van der Waals surface area (Å²) in [7, 11) is 0. The summed E-state index contributed by atoms with van der Waals surface area (Å²) in [5, 5.41) is 6.50. The molecule has 30 heavy (non-hydrogen) atoms. The number of nitrogens with one attached hydrogen (secondary N) is 2. The van der Waals surface area contributed by atoms with E-state index < -0.39 is 0 Å². The Bertz CT molecular complexity index is 902. The number of piperazine rings is 1. The molecule has 1 heterocycles. The molecular formula is C21H23Cl2FN4O2. The van der Waals surface area contributed by atoms with Crippen LogP contribution in [0.4, 0.5) is 15.8 Å². The zero-order valence-electron chi connectivity index (χ0n) is 16.5. The third kappa shape index (κ3) is 6.15. The van der Waals surface area contributed by atoms with E-state index in [0.29, 0.717) is 47.6 Å². The van der Waals surface area contributed by atoms with Crippen LogP contribution in [0.2, 0.25) is 10.0 Å². The lowest BCUT2D eigenvalue weighted by atomic mass is 10.2. The molecule has 0 aliphatic carbocycles. The van der Waals surface area contributed by atoms with E-state index in [1.807, 2.05) is 11.8 Å². The van der Waals surface area contributed by atoms with E-state index in [4.69, 9.17) is 23.2 Å². The summed E-state index contributed by atoms with van der Waals surface area (Å²) in [6.45, 7) is 4.71. The Morgan fingerprint density at radius 3 is 2.37 bits per heavy atom. The molecule has 2 aromatic rings. The van der Waals surface area contributed by atoms with Crippen LogP contribution in [0.1, 0.15) is 6.92 Å². The molecule has 0 spiro atoms. The molecule has 0 aromatic heterocycles. The van der Waals surface area contributed by atoms with Crippen molar-refractivity contribution in [3.8, 4) is 0 Å². The highest BCUT2D eigenvalue weighted by molar-refractivity contribution is 6.35. The van der Waals surface area contributed by atoms with E-state index in [2.05, 4.69) is 15.5 Å². The van der Waals surface area contributed by atoms with Crippen molar-refractivity contribution in [2.75, 3.05) is 43.4 Å². The van der Waals surface area contributed by atoms with Gasteiger partial charge in [-0.15, -0.1) is 0 Å². The second-order valence-electron chi connectivity index (χ2n) is 7.16. The molecular weight excluding hydrogens is 430 g/mol. The fourth-order valence-corrected chi connectivity index (χ4v) is 3.58. The standard InChI is InChI=1S/C21H23Cl2FN4O2/c1-14(21(30)26-19-12-15(22)2-7-18(19)23)28-10-8-27(9-11-28)13-20(29)25-17-5-3-16(24)4-6-17/h2-7,12,14H,8-11,13H2,1H3,(H,25,29)(H,26,30). The summed E-state index contributed by atoms with van der Waals surface area (Å²) in [4.78, 5) is 28.9. The van der Waals surface area contributed by atoms with Gasteiger partial charge in [0.1, 0.15) is 5.82 Å². The van der Waals surface area contributed by atoms with E-state index in [0.717, 1.165) is 0 Å². The average Bonchev–Trinajstić information content (AvgIpc) is 2.72. The van der Waals surface area contributed by atoms with Crippen LogP contribution in [-0.4, -0.2) is 60.4 Å². The zero-order chi connectivity index (χ0) is 21.7. The van der Waals surface area contributed by atoms with Gasteiger partial charge in [-0.25, -0.2) is 4.39 Å². The van der Waals surface area contributed by atoms with Gasteiger partial charge >= 0.3 is 0 Å². The van der Waals surface area contributed by atoms with Crippen LogP contribution in [0.5, 0.6) is 0 Å². The van der Waals surface area contributed by atoms with Gasteiger partial charge in [0.15, 0.2) is 0 Å². The van der Waals surface area contributed by atoms with Crippen molar-refractivity contribution in [1.82, 2.24) is 9.80 Å². The van der Waals surface area contributed by atoms with Gasteiger partial charge in [0.25, 0.3) is 0 Å². The number of anilines is 2. The number of hydrogen-bond donors (Lipinski definition) is 2. The van der Waals surface area contributed by atoms with Crippen LogP contribution in [0.25, 0.3) is 0 Å². The van der Waals surface area contributed by atoms with Gasteiger partial charge in [0, 0.05) is 36.9 Å². The highest BCUT2D eigenvalue weighted by atomic mass is 35.5. The van der Waals surface area contributed by atoms with E-state index >= 15 is 0 Å². The molecule has 1 saturated heterocycles. The minimum absolute atomic E-state index is 0.156. The molecule has 0 saturated carbocycles. The molecule has 3 rings (SSSR count). The molecule has 9 heteroatoms. The van der Waals surface area contributed by atoms with Gasteiger partial charge in [-0.2, -0.15) is 0 Å². The summed E-state index contributed by atoms with van der Waals surface area (Å²) in [5.74, 6) is -0.668. The predicted molar refractivity (Wildman–Crippen MR) is 118 cm³/mol. The molecule has 0 bridgehead atoms. The maximum absolute atomic E-state index is 12.9. The molecule has 1 aliphatic heterocycles. The number of carbonyl (C=O) groups is 2. The molecule has 2 amide bonds. The Hall–Kier alpha value is -2.19. The number of benzene rings is 2. The number of amides is 2. The molecule has 2 N–H and O–H groups in total. The average molecular weight is 453 g/mol. The van der Waals surface area contributed by atoms with E-state index in [1.54, 1.807) is 18.2 Å². The molecule has 2 aromatic carbocycles. The second-order valence-corrected chi connectivity index (χ2v) is 8.00. The van der Waals surface area contributed by atoms with Crippen molar-refractivity contribution in [2.24, 2.45) is 0 Å². The molecule has 160 valence electrons. The minimum atomic E-state index is -0.352. The fraction of sp³-hybridized carbons (Fsp3) is 0.333. The largest absolute Gasteiger partial charge is 0.325 e. The Labute approximate surface area is 184 Å². The SMILES string of the molecule is CC(C(=O)Nc1cc(Cl)ccc1Cl)N1CCN(CC(=O)Nc2ccc(F)cc2)CC1. The number of rotatable bonds is 6. The van der Waals surface area contributed by atoms with Crippen molar-refractivity contribution < 1.29 is 14.0 Å². The quantitative estimate of drug-likeness (QED) is 0.700. The smallest absolute Gasteiger partial charge is 0.241 e. The summed E-state index contributed by atoms with van der Waals surface area (Å²) >= 11 is 12.1. The summed E-state index contributed by atoms with van der Waals surface area (Å²) < 4.78 is 12.9. The normalized spacial score (nSPS) is 16.1. The third-order valence-electron chi connectivity index (χ3n) is 5.02. The molecule has 1 atom stereocenters. The van der Waals surface area contributed by atoms with Crippen LogP contribution >= 0.6 is 23.2 Å². The van der Waals surface area contributed by atoms with Gasteiger partial charge < -0.3 is 10.6 Å². The van der Waals surface area contributed by atoms with Crippen molar-refractivity contribution in [3.63, 3.8) is 0 Å². The summed E-state index contributed by atoms with van der Waals surface area (Å²) in [6, 6.07) is 10.2. The third-order valence-corrected chi connectivity index (χ3v) is 5.58. The van der Waals surface area contributed by atoms with E-state index in [-0.39, 0.29) is 30.2 Å². The van der Waals surface area contributed by atoms with Crippen LogP contribution in [0, 0.1) is 5.82 Å². The van der Waals surface area contributed by atoms with Gasteiger partial charge in [-0.1, -0.05) is 23.2 Å². The van der Waals surface area contributed by atoms with E-state index in [1.165, 1.54) is 24.3 Å². The monoisotopic (exact) mass is 452 g/mol. The first-order chi connectivity index (χ1) is 14.3. The molecule has 1 unspecified atom stereocenters. The molecule has 0 radical (unpaired) electrons. The lowest BCUT2D eigenvalue weighted by molar-refractivity contribution is -0.122. The fourth-order valence-electron chi connectivity index (χ4n) is 3.24. The van der Waals surface area contributed by atoms with Crippen LogP contribution in [0.15, 0.2) is 42.5 Å². The van der Waals surface area contributed by atoms with Crippen LogP contribution < -0.4 is 10.6 Å². The van der Waals surface area contributed by atoms with Gasteiger partial charge in [0.2, 0.25) is 11.8 Å². The van der Waals surface area contributed by atoms with Gasteiger partial charge in [-0.05, 0) is 49.4 Å². The highest BCUT2D eigenvalue weighted by Gasteiger charge is 2.26. The first-order valence-electron chi connectivity index (χ1n) is 9.59. The zero-order valence-corrected chi connectivity index (χ0v) is 18.0. The molecule has 1 aliphatic rings. The van der Waals surface area contributed by atoms with Gasteiger partial charge in [0.05, 0.1) is 23.3 Å². The molecule has 1 fully saturated rings.